The highest BCUT2D eigenvalue weighted by atomic mass is 35.5. The number of nitrogens with two attached hydrogens (primary N) is 1. The maximum Gasteiger partial charge on any atom is 0.119 e. The first-order valence-electron chi connectivity index (χ1n) is 10.1. The van der Waals surface area contributed by atoms with Crippen molar-refractivity contribution in [3.8, 4) is 11.5 Å². The maximum absolute atomic E-state index is 6.18. The van der Waals surface area contributed by atoms with Crippen LogP contribution in [-0.2, 0) is 0 Å². The van der Waals surface area contributed by atoms with Gasteiger partial charge in [-0.05, 0) is 83.3 Å². The van der Waals surface area contributed by atoms with E-state index in [1.54, 1.807) is 7.11 Å². The van der Waals surface area contributed by atoms with Crippen molar-refractivity contribution >= 4 is 18.3 Å². The Morgan fingerprint density at radius 1 is 1.19 bits per heavy atom. The molecule has 6 heteroatoms. The van der Waals surface area contributed by atoms with Crippen LogP contribution in [0.3, 0.4) is 0 Å². The minimum absolute atomic E-state index is 0.427. The smallest absolute Gasteiger partial charge is 0.119 e. The minimum Gasteiger partial charge on any atom is -0.497 e. The lowest BCUT2D eigenvalue weighted by molar-refractivity contribution is 0.339. The van der Waals surface area contributed by atoms with Gasteiger partial charge < -0.3 is 20.1 Å². The summed E-state index contributed by atoms with van der Waals surface area (Å²) < 4.78 is 10.2. The van der Waals surface area contributed by atoms with Crippen LogP contribution < -0.4 is 15.2 Å². The monoisotopic (exact) mass is 443 g/mol. The largest absolute Gasteiger partial charge is 0.497 e. The summed E-state index contributed by atoms with van der Waals surface area (Å²) in [6.45, 7) is 14.8. The number of allylic oxidation sites excluding steroid dienone is 5. The Balaban J connectivity index is 0.000000367. The third kappa shape index (κ3) is 8.12. The molecule has 0 atom stereocenters. The zero-order valence-corrected chi connectivity index (χ0v) is 20.2. The summed E-state index contributed by atoms with van der Waals surface area (Å²) in [5, 5.41) is 0.670. The van der Waals surface area contributed by atoms with Crippen molar-refractivity contribution in [3.05, 3.63) is 82.0 Å². The van der Waals surface area contributed by atoms with Crippen molar-refractivity contribution in [1.82, 2.24) is 4.90 Å². The fourth-order valence-electron chi connectivity index (χ4n) is 2.91. The number of halogens is 1. The molecule has 0 fully saturated rings. The highest BCUT2D eigenvalue weighted by Crippen LogP contribution is 2.29. The van der Waals surface area contributed by atoms with E-state index < -0.39 is 0 Å². The van der Waals surface area contributed by atoms with E-state index in [-0.39, 0.29) is 0 Å². The predicted molar refractivity (Wildman–Crippen MR) is 133 cm³/mol. The molecule has 1 heterocycles. The van der Waals surface area contributed by atoms with Crippen LogP contribution in [0, 0.1) is 0 Å². The zero-order chi connectivity index (χ0) is 23.4. The number of rotatable bonds is 7. The number of benzene rings is 1. The van der Waals surface area contributed by atoms with E-state index in [0.29, 0.717) is 18.2 Å². The SMILES string of the molecule is C=N/C(=C\C)C(=C(C)C)N1C=C(CN)C=C(Cl)C=C1C.CCOc1ccc(OC)cc1. The number of nitrogens with zero attached hydrogens (tertiary/aromatic N) is 2. The van der Waals surface area contributed by atoms with Gasteiger partial charge >= 0.3 is 0 Å². The molecule has 168 valence electrons. The summed E-state index contributed by atoms with van der Waals surface area (Å²) >= 11 is 6.18. The zero-order valence-electron chi connectivity index (χ0n) is 19.4. The molecule has 31 heavy (non-hydrogen) atoms. The highest BCUT2D eigenvalue weighted by molar-refractivity contribution is 6.31. The molecule has 0 unspecified atom stereocenters. The van der Waals surface area contributed by atoms with Crippen molar-refractivity contribution in [2.75, 3.05) is 20.3 Å². The second-order valence-corrected chi connectivity index (χ2v) is 7.32. The average molecular weight is 444 g/mol. The fraction of sp³-hybridized carbons (Fsp3) is 0.320. The van der Waals surface area contributed by atoms with Gasteiger partial charge in [0.1, 0.15) is 11.5 Å². The van der Waals surface area contributed by atoms with Crippen LogP contribution in [-0.4, -0.2) is 31.9 Å². The van der Waals surface area contributed by atoms with Gasteiger partial charge in [-0.2, -0.15) is 0 Å². The molecular weight excluding hydrogens is 410 g/mol. The van der Waals surface area contributed by atoms with E-state index in [1.165, 1.54) is 0 Å². The van der Waals surface area contributed by atoms with Crippen LogP contribution in [0.4, 0.5) is 0 Å². The Kier molecular flexibility index (Phi) is 11.5. The van der Waals surface area contributed by atoms with Crippen LogP contribution in [0.1, 0.15) is 34.6 Å². The molecule has 2 rings (SSSR count). The van der Waals surface area contributed by atoms with Gasteiger partial charge in [-0.15, -0.1) is 0 Å². The van der Waals surface area contributed by atoms with Gasteiger partial charge in [0.25, 0.3) is 0 Å². The number of hydrogen-bond donors (Lipinski definition) is 1. The van der Waals surface area contributed by atoms with Gasteiger partial charge in [-0.1, -0.05) is 23.3 Å². The first-order chi connectivity index (χ1) is 14.8. The van der Waals surface area contributed by atoms with Crippen molar-refractivity contribution in [3.63, 3.8) is 0 Å². The van der Waals surface area contributed by atoms with Crippen LogP contribution in [0.25, 0.3) is 0 Å². The molecule has 1 aromatic rings. The molecule has 0 radical (unpaired) electrons. The third-order valence-corrected chi connectivity index (χ3v) is 4.57. The van der Waals surface area contributed by atoms with Crippen molar-refractivity contribution in [2.45, 2.75) is 34.6 Å². The Morgan fingerprint density at radius 3 is 2.26 bits per heavy atom. The second-order valence-electron chi connectivity index (χ2n) is 6.88. The number of hydrogen-bond acceptors (Lipinski definition) is 5. The highest BCUT2D eigenvalue weighted by Gasteiger charge is 2.17. The van der Waals surface area contributed by atoms with Gasteiger partial charge in [0.05, 0.1) is 25.1 Å². The van der Waals surface area contributed by atoms with Gasteiger partial charge in [-0.25, -0.2) is 0 Å². The molecular formula is C25H34ClN3O2. The maximum atomic E-state index is 6.18. The average Bonchev–Trinajstić information content (AvgIpc) is 2.90. The Hall–Kier alpha value is -2.76. The lowest BCUT2D eigenvalue weighted by atomic mass is 10.1. The van der Waals surface area contributed by atoms with E-state index in [9.17, 15) is 0 Å². The summed E-state index contributed by atoms with van der Waals surface area (Å²) in [4.78, 5) is 6.18. The van der Waals surface area contributed by atoms with Gasteiger partial charge in [0.15, 0.2) is 0 Å². The Labute approximate surface area is 191 Å². The Morgan fingerprint density at radius 2 is 1.81 bits per heavy atom. The number of ether oxygens (including phenoxy) is 2. The standard InChI is InChI=1S/C16H22ClN3.C9H12O2/c1-6-15(19-5)16(11(2)3)20-10-13(9-18)8-14(17)7-12(20)4;1-3-11-9-6-4-8(10-2)5-7-9/h6-8,10H,5,9,18H2,1-4H3;4-7H,3H2,1-2H3/b15-6-;. The predicted octanol–water partition coefficient (Wildman–Crippen LogP) is 6.16. The first-order valence-corrected chi connectivity index (χ1v) is 10.5. The van der Waals surface area contributed by atoms with Crippen molar-refractivity contribution in [1.29, 1.82) is 0 Å². The molecule has 0 saturated heterocycles. The molecule has 1 aromatic carbocycles. The molecule has 1 aliphatic rings. The van der Waals surface area contributed by atoms with E-state index in [0.717, 1.165) is 39.7 Å². The minimum atomic E-state index is 0.427. The van der Waals surface area contributed by atoms with E-state index in [2.05, 4.69) is 16.6 Å². The lowest BCUT2D eigenvalue weighted by Crippen LogP contribution is -2.18. The molecule has 0 aromatic heterocycles. The summed E-state index contributed by atoms with van der Waals surface area (Å²) in [7, 11) is 1.65. The fourth-order valence-corrected chi connectivity index (χ4v) is 3.21. The van der Waals surface area contributed by atoms with Crippen LogP contribution >= 0.6 is 11.6 Å². The van der Waals surface area contributed by atoms with E-state index in [1.807, 2.05) is 83.3 Å². The van der Waals surface area contributed by atoms with E-state index in [4.69, 9.17) is 26.8 Å². The summed E-state index contributed by atoms with van der Waals surface area (Å²) in [6, 6.07) is 7.54. The van der Waals surface area contributed by atoms with Crippen LogP contribution in [0.15, 0.2) is 87.0 Å². The molecule has 0 amide bonds. The molecule has 0 spiro atoms. The van der Waals surface area contributed by atoms with Gasteiger partial charge in [0, 0.05) is 23.5 Å². The normalized spacial score (nSPS) is 13.6. The molecule has 0 bridgehead atoms. The number of methoxy groups -OCH3 is 1. The summed E-state index contributed by atoms with van der Waals surface area (Å²) in [6.07, 6.45) is 7.74. The Bertz CT molecular complexity index is 890. The first kappa shape index (κ1) is 26.3. The van der Waals surface area contributed by atoms with Gasteiger partial charge in [0.2, 0.25) is 0 Å². The second kappa shape index (κ2) is 13.5. The molecule has 0 saturated carbocycles. The lowest BCUT2D eigenvalue weighted by Gasteiger charge is -2.26. The summed E-state index contributed by atoms with van der Waals surface area (Å²) in [5.74, 6) is 1.74. The van der Waals surface area contributed by atoms with E-state index >= 15 is 0 Å². The van der Waals surface area contributed by atoms with Gasteiger partial charge in [-0.3, -0.25) is 4.99 Å². The third-order valence-electron chi connectivity index (χ3n) is 4.35. The molecule has 2 N–H and O–H groups in total. The number of aliphatic imine (C=N–C) groups is 1. The topological polar surface area (TPSA) is 60.1 Å². The summed E-state index contributed by atoms with van der Waals surface area (Å²) in [5.41, 5.74) is 10.7. The van der Waals surface area contributed by atoms with Crippen LogP contribution in [0.2, 0.25) is 0 Å². The molecule has 1 aliphatic heterocycles. The quantitative estimate of drug-likeness (QED) is 0.404. The van der Waals surface area contributed by atoms with Crippen LogP contribution in [0.5, 0.6) is 11.5 Å². The molecule has 5 nitrogen and oxygen atoms in total. The molecule has 0 aliphatic carbocycles. The van der Waals surface area contributed by atoms with Crippen molar-refractivity contribution in [2.24, 2.45) is 10.7 Å². The van der Waals surface area contributed by atoms with Crippen molar-refractivity contribution < 1.29 is 9.47 Å².